The predicted molar refractivity (Wildman–Crippen MR) is 82.7 cm³/mol. The molecule has 2 atom stereocenters. The van der Waals surface area contributed by atoms with Crippen molar-refractivity contribution in [2.24, 2.45) is 10.9 Å². The number of rotatable bonds is 4. The highest BCUT2D eigenvalue weighted by Gasteiger charge is 2.19. The molecule has 1 heterocycles. The average Bonchev–Trinajstić information content (AvgIpc) is 2.47. The Balaban J connectivity index is 2.07. The lowest BCUT2D eigenvalue weighted by Gasteiger charge is -2.25. The molecule has 4 nitrogen and oxygen atoms in total. The summed E-state index contributed by atoms with van der Waals surface area (Å²) in [7, 11) is 0. The largest absolute Gasteiger partial charge is 0.508 e. The molecule has 3 N–H and O–H groups in total. The third-order valence-corrected chi connectivity index (χ3v) is 3.21. The molecule has 0 amide bonds. The average molecular weight is 269 g/mol. The second-order valence-electron chi connectivity index (χ2n) is 4.65. The third-order valence-electron chi connectivity index (χ3n) is 3.21. The van der Waals surface area contributed by atoms with Gasteiger partial charge < -0.3 is 10.4 Å². The van der Waals surface area contributed by atoms with Crippen LogP contribution >= 0.6 is 0 Å². The highest BCUT2D eigenvalue weighted by Crippen LogP contribution is 2.19. The van der Waals surface area contributed by atoms with Gasteiger partial charge in [0.15, 0.2) is 0 Å². The van der Waals surface area contributed by atoms with Crippen LogP contribution < -0.4 is 10.6 Å². The van der Waals surface area contributed by atoms with E-state index in [2.05, 4.69) is 34.5 Å². The molecule has 0 aliphatic carbocycles. The molecule has 20 heavy (non-hydrogen) atoms. The molecule has 0 radical (unpaired) electrons. The van der Waals surface area contributed by atoms with Crippen LogP contribution in [0.3, 0.4) is 0 Å². The summed E-state index contributed by atoms with van der Waals surface area (Å²) in [6.45, 7) is 2.64. The van der Waals surface area contributed by atoms with Gasteiger partial charge in [0, 0.05) is 11.6 Å². The van der Waals surface area contributed by atoms with Gasteiger partial charge in [-0.05, 0) is 36.8 Å². The Labute approximate surface area is 119 Å². The molecule has 0 fully saturated rings. The molecule has 0 spiro atoms. The van der Waals surface area contributed by atoms with Gasteiger partial charge in [-0.3, -0.25) is 5.32 Å². The van der Waals surface area contributed by atoms with Gasteiger partial charge >= 0.3 is 0 Å². The van der Waals surface area contributed by atoms with Gasteiger partial charge in [-0.1, -0.05) is 18.9 Å². The van der Waals surface area contributed by atoms with Crippen LogP contribution in [0.15, 0.2) is 41.4 Å². The first-order valence-electron chi connectivity index (χ1n) is 6.72. The number of hydrogen-bond acceptors (Lipinski definition) is 4. The van der Waals surface area contributed by atoms with E-state index in [1.807, 2.05) is 18.2 Å². The Kier molecular flexibility index (Phi) is 4.80. The zero-order chi connectivity index (χ0) is 14.4. The van der Waals surface area contributed by atoms with Crippen molar-refractivity contribution in [2.75, 3.05) is 11.9 Å². The summed E-state index contributed by atoms with van der Waals surface area (Å²) >= 11 is 0. The van der Waals surface area contributed by atoms with E-state index >= 15 is 0 Å². The van der Waals surface area contributed by atoms with Gasteiger partial charge in [-0.15, -0.1) is 6.42 Å². The zero-order valence-corrected chi connectivity index (χ0v) is 11.5. The Hall–Kier alpha value is -2.25. The minimum Gasteiger partial charge on any atom is -0.508 e. The molecule has 2 unspecified atom stereocenters. The Morgan fingerprint density at radius 3 is 2.75 bits per heavy atom. The minimum atomic E-state index is 0.000616. The number of benzene rings is 1. The van der Waals surface area contributed by atoms with Crippen LogP contribution in [-0.4, -0.2) is 23.7 Å². The van der Waals surface area contributed by atoms with Crippen LogP contribution in [-0.2, 0) is 0 Å². The van der Waals surface area contributed by atoms with Gasteiger partial charge in [0.2, 0.25) is 0 Å². The maximum Gasteiger partial charge on any atom is 0.126 e. The second kappa shape index (κ2) is 6.78. The number of terminal acetylenes is 1. The quantitative estimate of drug-likeness (QED) is 0.581. The van der Waals surface area contributed by atoms with Crippen molar-refractivity contribution in [3.05, 3.63) is 36.4 Å². The number of nitrogens with zero attached hydrogens (tertiary/aromatic N) is 1. The van der Waals surface area contributed by atoms with E-state index in [1.54, 1.807) is 12.1 Å². The smallest absolute Gasteiger partial charge is 0.126 e. The van der Waals surface area contributed by atoms with E-state index in [9.17, 15) is 5.11 Å². The number of phenols is 1. The van der Waals surface area contributed by atoms with Crippen molar-refractivity contribution < 1.29 is 5.11 Å². The lowest BCUT2D eigenvalue weighted by atomic mass is 10.00. The highest BCUT2D eigenvalue weighted by atomic mass is 16.3. The van der Waals surface area contributed by atoms with Crippen LogP contribution in [0.4, 0.5) is 5.69 Å². The van der Waals surface area contributed by atoms with E-state index in [4.69, 9.17) is 6.42 Å². The predicted octanol–water partition coefficient (Wildman–Crippen LogP) is 2.35. The molecule has 2 rings (SSSR count). The fraction of sp³-hybridized carbons (Fsp3) is 0.312. The van der Waals surface area contributed by atoms with Crippen LogP contribution in [0.25, 0.3) is 0 Å². The summed E-state index contributed by atoms with van der Waals surface area (Å²) < 4.78 is 0. The standard InChI is InChI=1S/C16H19N3O/c1-3-11-17-16-12(4-2)5-10-15(19-16)18-13-6-8-14(20)9-7-13/h1,5-10,12,16-17,20H,4,11H2,2H3,(H,18,19). The number of dihydropyridines is 1. The summed E-state index contributed by atoms with van der Waals surface area (Å²) in [6.07, 6.45) is 10.4. The molecule has 0 aromatic heterocycles. The van der Waals surface area contributed by atoms with Gasteiger partial charge in [0.25, 0.3) is 0 Å². The summed E-state index contributed by atoms with van der Waals surface area (Å²) in [5, 5.41) is 15.7. The van der Waals surface area contributed by atoms with Crippen molar-refractivity contribution >= 4 is 11.5 Å². The van der Waals surface area contributed by atoms with E-state index < -0.39 is 0 Å². The fourth-order valence-electron chi connectivity index (χ4n) is 2.10. The number of anilines is 1. The lowest BCUT2D eigenvalue weighted by molar-refractivity contribution is 0.425. The van der Waals surface area contributed by atoms with Crippen LogP contribution in [0, 0.1) is 18.3 Å². The number of nitrogens with one attached hydrogen (secondary N) is 2. The van der Waals surface area contributed by atoms with Crippen LogP contribution in [0.2, 0.25) is 0 Å². The summed E-state index contributed by atoms with van der Waals surface area (Å²) in [6, 6.07) is 6.89. The molecule has 1 aromatic rings. The molecule has 1 aromatic carbocycles. The third kappa shape index (κ3) is 3.62. The van der Waals surface area contributed by atoms with E-state index in [0.717, 1.165) is 17.9 Å². The van der Waals surface area contributed by atoms with Crippen molar-refractivity contribution in [1.82, 2.24) is 5.32 Å². The lowest BCUT2D eigenvalue weighted by Crippen LogP contribution is -2.37. The molecule has 0 bridgehead atoms. The second-order valence-corrected chi connectivity index (χ2v) is 4.65. The fourth-order valence-corrected chi connectivity index (χ4v) is 2.10. The molecule has 4 heteroatoms. The molecular weight excluding hydrogens is 250 g/mol. The number of hydrogen-bond donors (Lipinski definition) is 3. The van der Waals surface area contributed by atoms with Crippen molar-refractivity contribution in [2.45, 2.75) is 19.5 Å². The van der Waals surface area contributed by atoms with E-state index in [1.165, 1.54) is 0 Å². The first kappa shape index (κ1) is 14.2. The SMILES string of the molecule is C#CCNC1N=C(Nc2ccc(O)cc2)C=CC1CC. The van der Waals surface area contributed by atoms with Gasteiger partial charge in [0.1, 0.15) is 17.8 Å². The van der Waals surface area contributed by atoms with Crippen molar-refractivity contribution in [3.63, 3.8) is 0 Å². The Morgan fingerprint density at radius 1 is 1.35 bits per heavy atom. The maximum atomic E-state index is 9.27. The van der Waals surface area contributed by atoms with Gasteiger partial charge in [-0.25, -0.2) is 4.99 Å². The first-order valence-corrected chi connectivity index (χ1v) is 6.72. The molecule has 1 aliphatic heterocycles. The van der Waals surface area contributed by atoms with Gasteiger partial charge in [0.05, 0.1) is 6.54 Å². The van der Waals surface area contributed by atoms with Crippen LogP contribution in [0.1, 0.15) is 13.3 Å². The number of phenolic OH excluding ortho intramolecular Hbond substituents is 1. The highest BCUT2D eigenvalue weighted by molar-refractivity contribution is 6.04. The summed E-state index contributed by atoms with van der Waals surface area (Å²) in [4.78, 5) is 4.64. The van der Waals surface area contributed by atoms with Crippen LogP contribution in [0.5, 0.6) is 5.75 Å². The molecule has 104 valence electrons. The number of aliphatic imine (C=N–C) groups is 1. The first-order chi connectivity index (χ1) is 9.72. The minimum absolute atomic E-state index is 0.000616. The van der Waals surface area contributed by atoms with E-state index in [0.29, 0.717) is 12.5 Å². The number of amidine groups is 1. The zero-order valence-electron chi connectivity index (χ0n) is 11.5. The molecule has 0 saturated heterocycles. The van der Waals surface area contributed by atoms with Crippen molar-refractivity contribution in [3.8, 4) is 18.1 Å². The molecule has 0 saturated carbocycles. The Morgan fingerprint density at radius 2 is 2.10 bits per heavy atom. The Bertz CT molecular complexity index is 540. The van der Waals surface area contributed by atoms with Crippen molar-refractivity contribution in [1.29, 1.82) is 0 Å². The topological polar surface area (TPSA) is 56.7 Å². The van der Waals surface area contributed by atoms with E-state index in [-0.39, 0.29) is 11.9 Å². The normalized spacial score (nSPS) is 21.1. The summed E-state index contributed by atoms with van der Waals surface area (Å²) in [5.41, 5.74) is 0.886. The molecular formula is C16H19N3O. The maximum absolute atomic E-state index is 9.27. The summed E-state index contributed by atoms with van der Waals surface area (Å²) in [5.74, 6) is 3.97. The van der Waals surface area contributed by atoms with Gasteiger partial charge in [-0.2, -0.15) is 0 Å². The molecule has 1 aliphatic rings. The monoisotopic (exact) mass is 269 g/mol. The number of aromatic hydroxyl groups is 1.